The number of nitrogens with zero attached hydrogens (tertiary/aromatic N) is 2. The first-order valence-corrected chi connectivity index (χ1v) is 6.44. The van der Waals surface area contributed by atoms with E-state index in [-0.39, 0.29) is 11.5 Å². The van der Waals surface area contributed by atoms with E-state index in [9.17, 15) is 8.78 Å². The molecule has 22 heavy (non-hydrogen) atoms. The van der Waals surface area contributed by atoms with E-state index in [0.717, 1.165) is 0 Å². The second kappa shape index (κ2) is 7.35. The molecule has 0 aliphatic heterocycles. The SMILES string of the molecule is COc1cc(/C(C)=N\Nc2ccccn2)ccc1OC(F)F. The molecule has 7 heteroatoms. The summed E-state index contributed by atoms with van der Waals surface area (Å²) in [5, 5.41) is 4.19. The molecule has 0 saturated heterocycles. The van der Waals surface area contributed by atoms with Gasteiger partial charge in [0.15, 0.2) is 11.5 Å². The van der Waals surface area contributed by atoms with Crippen LogP contribution in [0.5, 0.6) is 11.5 Å². The molecule has 1 aromatic carbocycles. The third-order valence-electron chi connectivity index (χ3n) is 2.80. The van der Waals surface area contributed by atoms with Crippen LogP contribution in [0.15, 0.2) is 47.7 Å². The predicted molar refractivity (Wildman–Crippen MR) is 79.7 cm³/mol. The summed E-state index contributed by atoms with van der Waals surface area (Å²) in [6, 6.07) is 10.0. The van der Waals surface area contributed by atoms with Gasteiger partial charge in [0.05, 0.1) is 12.8 Å². The first-order chi connectivity index (χ1) is 10.6. The molecule has 1 aromatic heterocycles. The Morgan fingerprint density at radius 2 is 2.05 bits per heavy atom. The summed E-state index contributed by atoms with van der Waals surface area (Å²) in [6.07, 6.45) is 1.65. The monoisotopic (exact) mass is 307 g/mol. The van der Waals surface area contributed by atoms with E-state index in [4.69, 9.17) is 4.74 Å². The lowest BCUT2D eigenvalue weighted by molar-refractivity contribution is -0.0512. The maximum Gasteiger partial charge on any atom is 0.387 e. The highest BCUT2D eigenvalue weighted by Crippen LogP contribution is 2.29. The second-order valence-corrected chi connectivity index (χ2v) is 4.27. The molecule has 116 valence electrons. The van der Waals surface area contributed by atoms with Crippen LogP contribution in [-0.4, -0.2) is 24.4 Å². The fraction of sp³-hybridized carbons (Fsp3) is 0.200. The molecule has 0 bridgehead atoms. The Morgan fingerprint density at radius 3 is 2.68 bits per heavy atom. The molecule has 0 saturated carbocycles. The van der Waals surface area contributed by atoms with Crippen LogP contribution in [0.2, 0.25) is 0 Å². The van der Waals surface area contributed by atoms with Gasteiger partial charge >= 0.3 is 6.61 Å². The van der Waals surface area contributed by atoms with Crippen molar-refractivity contribution in [3.63, 3.8) is 0 Å². The van der Waals surface area contributed by atoms with Gasteiger partial charge in [-0.3, -0.25) is 5.43 Å². The van der Waals surface area contributed by atoms with Crippen molar-refractivity contribution in [2.75, 3.05) is 12.5 Å². The minimum Gasteiger partial charge on any atom is -0.493 e. The van der Waals surface area contributed by atoms with Crippen LogP contribution < -0.4 is 14.9 Å². The topological polar surface area (TPSA) is 55.7 Å². The summed E-state index contributed by atoms with van der Waals surface area (Å²) in [5.74, 6) is 0.795. The highest BCUT2D eigenvalue weighted by molar-refractivity contribution is 5.99. The van der Waals surface area contributed by atoms with Gasteiger partial charge in [0.1, 0.15) is 5.82 Å². The molecule has 5 nitrogen and oxygen atoms in total. The molecular formula is C15H15F2N3O2. The molecule has 0 aliphatic rings. The van der Waals surface area contributed by atoms with Gasteiger partial charge in [-0.25, -0.2) is 4.98 Å². The average molecular weight is 307 g/mol. The van der Waals surface area contributed by atoms with Crippen LogP contribution in [0.25, 0.3) is 0 Å². The highest BCUT2D eigenvalue weighted by atomic mass is 19.3. The smallest absolute Gasteiger partial charge is 0.387 e. The van der Waals surface area contributed by atoms with E-state index in [0.29, 0.717) is 17.1 Å². The summed E-state index contributed by atoms with van der Waals surface area (Å²) in [5.41, 5.74) is 4.17. The number of hydrogen-bond acceptors (Lipinski definition) is 5. The number of benzene rings is 1. The van der Waals surface area contributed by atoms with Gasteiger partial charge in [0.2, 0.25) is 0 Å². The summed E-state index contributed by atoms with van der Waals surface area (Å²) in [7, 11) is 1.38. The van der Waals surface area contributed by atoms with Gasteiger partial charge in [0, 0.05) is 11.8 Å². The minimum absolute atomic E-state index is 0.0215. The van der Waals surface area contributed by atoms with Gasteiger partial charge in [-0.15, -0.1) is 0 Å². The number of nitrogens with one attached hydrogen (secondary N) is 1. The van der Waals surface area contributed by atoms with Crippen molar-refractivity contribution >= 4 is 11.5 Å². The Kier molecular flexibility index (Phi) is 5.24. The summed E-state index contributed by atoms with van der Waals surface area (Å²) in [6.45, 7) is -1.13. The van der Waals surface area contributed by atoms with Crippen LogP contribution in [0.4, 0.5) is 14.6 Å². The summed E-state index contributed by atoms with van der Waals surface area (Å²) < 4.78 is 34.0. The number of aromatic nitrogens is 1. The molecule has 0 amide bonds. The summed E-state index contributed by atoms with van der Waals surface area (Å²) in [4.78, 5) is 4.08. The molecule has 0 unspecified atom stereocenters. The molecule has 0 fully saturated rings. The number of alkyl halides is 2. The van der Waals surface area contributed by atoms with Gasteiger partial charge < -0.3 is 9.47 Å². The van der Waals surface area contributed by atoms with Crippen molar-refractivity contribution in [2.45, 2.75) is 13.5 Å². The fourth-order valence-electron chi connectivity index (χ4n) is 1.72. The number of hydrazone groups is 1. The van der Waals surface area contributed by atoms with E-state index in [1.54, 1.807) is 37.4 Å². The van der Waals surface area contributed by atoms with Crippen molar-refractivity contribution in [1.29, 1.82) is 0 Å². The van der Waals surface area contributed by atoms with Crippen LogP contribution >= 0.6 is 0 Å². The Morgan fingerprint density at radius 1 is 1.23 bits per heavy atom. The molecule has 1 N–H and O–H groups in total. The van der Waals surface area contributed by atoms with Crippen LogP contribution in [-0.2, 0) is 0 Å². The predicted octanol–water partition coefficient (Wildman–Crippen LogP) is 3.53. The molecule has 1 heterocycles. The number of halogens is 2. The van der Waals surface area contributed by atoms with Crippen molar-refractivity contribution < 1.29 is 18.3 Å². The van der Waals surface area contributed by atoms with Crippen LogP contribution in [0, 0.1) is 0 Å². The van der Waals surface area contributed by atoms with Gasteiger partial charge in [0.25, 0.3) is 0 Å². The van der Waals surface area contributed by atoms with Crippen LogP contribution in [0.3, 0.4) is 0 Å². The normalized spacial score (nSPS) is 11.4. The molecule has 0 atom stereocenters. The largest absolute Gasteiger partial charge is 0.493 e. The third-order valence-corrected chi connectivity index (χ3v) is 2.80. The molecule has 0 spiro atoms. The lowest BCUT2D eigenvalue weighted by atomic mass is 10.1. The Balaban J connectivity index is 2.17. The number of ether oxygens (including phenoxy) is 2. The Bertz CT molecular complexity index is 648. The lowest BCUT2D eigenvalue weighted by Gasteiger charge is -2.11. The second-order valence-electron chi connectivity index (χ2n) is 4.27. The zero-order valence-corrected chi connectivity index (χ0v) is 12.1. The van der Waals surface area contributed by atoms with Gasteiger partial charge in [-0.05, 0) is 37.3 Å². The van der Waals surface area contributed by atoms with Crippen molar-refractivity contribution in [1.82, 2.24) is 4.98 Å². The zero-order valence-electron chi connectivity index (χ0n) is 12.1. The molecule has 0 aliphatic carbocycles. The number of hydrogen-bond donors (Lipinski definition) is 1. The van der Waals surface area contributed by atoms with Crippen molar-refractivity contribution in [2.24, 2.45) is 5.10 Å². The van der Waals surface area contributed by atoms with Gasteiger partial charge in [-0.1, -0.05) is 6.07 Å². The summed E-state index contributed by atoms with van der Waals surface area (Å²) >= 11 is 0. The molecule has 2 rings (SSSR count). The van der Waals surface area contributed by atoms with Crippen molar-refractivity contribution in [3.05, 3.63) is 48.2 Å². The number of rotatable bonds is 6. The molecule has 0 radical (unpaired) electrons. The van der Waals surface area contributed by atoms with E-state index >= 15 is 0 Å². The quantitative estimate of drug-likeness (QED) is 0.655. The first-order valence-electron chi connectivity index (χ1n) is 6.44. The van der Waals surface area contributed by atoms with Crippen LogP contribution in [0.1, 0.15) is 12.5 Å². The molecule has 2 aromatic rings. The zero-order chi connectivity index (χ0) is 15.9. The van der Waals surface area contributed by atoms with E-state index in [2.05, 4.69) is 20.2 Å². The van der Waals surface area contributed by atoms with E-state index < -0.39 is 6.61 Å². The fourth-order valence-corrected chi connectivity index (χ4v) is 1.72. The maximum atomic E-state index is 12.3. The number of methoxy groups -OCH3 is 1. The van der Waals surface area contributed by atoms with Crippen molar-refractivity contribution in [3.8, 4) is 11.5 Å². The van der Waals surface area contributed by atoms with E-state index in [1.165, 1.54) is 13.2 Å². The highest BCUT2D eigenvalue weighted by Gasteiger charge is 2.12. The standard InChI is InChI=1S/C15H15F2N3O2/c1-10(19-20-14-5-3-4-8-18-14)11-6-7-12(22-15(16)17)13(9-11)21-2/h3-9,15H,1-2H3,(H,18,20)/b19-10-. The van der Waals surface area contributed by atoms with E-state index in [1.807, 2.05) is 6.07 Å². The van der Waals surface area contributed by atoms with Gasteiger partial charge in [-0.2, -0.15) is 13.9 Å². The first kappa shape index (κ1) is 15.7. The third kappa shape index (κ3) is 4.15. The minimum atomic E-state index is -2.90. The Hall–Kier alpha value is -2.70. The number of pyridine rings is 1. The maximum absolute atomic E-state index is 12.3. The Labute approximate surface area is 126 Å². The molecular weight excluding hydrogens is 292 g/mol. The number of anilines is 1. The average Bonchev–Trinajstić information content (AvgIpc) is 2.53. The lowest BCUT2D eigenvalue weighted by Crippen LogP contribution is -2.05.